The Morgan fingerprint density at radius 3 is 2.08 bits per heavy atom. The molecule has 0 saturated heterocycles. The van der Waals surface area contributed by atoms with Crippen LogP contribution in [0.25, 0.3) is 0 Å². The molecule has 78 valence electrons. The van der Waals surface area contributed by atoms with Crippen molar-refractivity contribution >= 4 is 24.8 Å². The Hall–Kier alpha value is 0.250. The third-order valence-electron chi connectivity index (χ3n) is 0.656. The summed E-state index contributed by atoms with van der Waals surface area (Å²) in [5.74, 6) is 4.77. The van der Waals surface area contributed by atoms with Gasteiger partial charge in [-0.25, -0.2) is 0 Å². The van der Waals surface area contributed by atoms with Crippen molar-refractivity contribution in [3.63, 3.8) is 0 Å². The van der Waals surface area contributed by atoms with E-state index in [2.05, 4.69) is 10.2 Å². The minimum absolute atomic E-state index is 0. The molecule has 0 aromatic carbocycles. The van der Waals surface area contributed by atoms with Gasteiger partial charge in [0.1, 0.15) is 6.61 Å². The zero-order chi connectivity index (χ0) is 8.04. The second-order valence-corrected chi connectivity index (χ2v) is 1.62. The second kappa shape index (κ2) is 9.34. The Morgan fingerprint density at radius 2 is 1.75 bits per heavy atom. The van der Waals surface area contributed by atoms with E-state index in [9.17, 15) is 13.2 Å². The molecule has 0 heterocycles. The molecule has 0 unspecified atom stereocenters. The normalized spacial score (nSPS) is 10.0. The van der Waals surface area contributed by atoms with Gasteiger partial charge in [-0.2, -0.15) is 13.2 Å². The molecular formula is C4H11Cl2F3N2O. The number of nitrogens with one attached hydrogen (secondary N) is 1. The molecule has 0 aliphatic rings. The molecule has 3 N–H and O–H groups in total. The van der Waals surface area contributed by atoms with Gasteiger partial charge in [0.05, 0.1) is 6.61 Å². The highest BCUT2D eigenvalue weighted by molar-refractivity contribution is 5.85. The van der Waals surface area contributed by atoms with Crippen LogP contribution in [0.5, 0.6) is 0 Å². The van der Waals surface area contributed by atoms with Crippen molar-refractivity contribution < 1.29 is 17.9 Å². The van der Waals surface area contributed by atoms with Gasteiger partial charge in [0, 0.05) is 6.54 Å². The fourth-order valence-electron chi connectivity index (χ4n) is 0.319. The minimum atomic E-state index is -4.24. The molecule has 0 bridgehead atoms. The molecular weight excluding hydrogens is 220 g/mol. The number of nitrogens with two attached hydrogens (primary N) is 1. The van der Waals surface area contributed by atoms with Crippen molar-refractivity contribution in [3.05, 3.63) is 0 Å². The van der Waals surface area contributed by atoms with Gasteiger partial charge in [0.2, 0.25) is 0 Å². The maximum atomic E-state index is 11.3. The first-order chi connectivity index (χ1) is 4.56. The number of ether oxygens (including phenoxy) is 1. The van der Waals surface area contributed by atoms with Crippen LogP contribution in [-0.4, -0.2) is 25.9 Å². The van der Waals surface area contributed by atoms with Gasteiger partial charge < -0.3 is 4.74 Å². The Kier molecular flexibility index (Phi) is 14.1. The van der Waals surface area contributed by atoms with E-state index in [-0.39, 0.29) is 38.0 Å². The summed E-state index contributed by atoms with van der Waals surface area (Å²) < 4.78 is 38.1. The maximum absolute atomic E-state index is 11.3. The fraction of sp³-hybridized carbons (Fsp3) is 1.00. The molecule has 0 aromatic rings. The van der Waals surface area contributed by atoms with Crippen molar-refractivity contribution in [2.45, 2.75) is 6.18 Å². The summed E-state index contributed by atoms with van der Waals surface area (Å²) in [6.07, 6.45) is -4.24. The van der Waals surface area contributed by atoms with Crippen LogP contribution in [0, 0.1) is 0 Å². The van der Waals surface area contributed by atoms with E-state index in [1.54, 1.807) is 0 Å². The van der Waals surface area contributed by atoms with Gasteiger partial charge in [-0.3, -0.25) is 11.3 Å². The van der Waals surface area contributed by atoms with E-state index in [1.165, 1.54) is 0 Å². The van der Waals surface area contributed by atoms with E-state index in [1.807, 2.05) is 0 Å². The Morgan fingerprint density at radius 1 is 1.25 bits per heavy atom. The van der Waals surface area contributed by atoms with Gasteiger partial charge in [0.15, 0.2) is 0 Å². The molecule has 8 heteroatoms. The molecule has 0 rings (SSSR count). The van der Waals surface area contributed by atoms with Crippen molar-refractivity contribution in [3.8, 4) is 0 Å². The lowest BCUT2D eigenvalue weighted by Crippen LogP contribution is -2.28. The number of hydrogen-bond donors (Lipinski definition) is 2. The number of hydrogen-bond acceptors (Lipinski definition) is 3. The molecule has 0 spiro atoms. The highest BCUT2D eigenvalue weighted by Gasteiger charge is 2.26. The lowest BCUT2D eigenvalue weighted by atomic mass is 10.7. The first-order valence-corrected chi connectivity index (χ1v) is 2.64. The quantitative estimate of drug-likeness (QED) is 0.428. The summed E-state index contributed by atoms with van der Waals surface area (Å²) in [6.45, 7) is -1.03. The fourth-order valence-corrected chi connectivity index (χ4v) is 0.319. The lowest BCUT2D eigenvalue weighted by Gasteiger charge is -2.06. The van der Waals surface area contributed by atoms with E-state index < -0.39 is 12.8 Å². The average molecular weight is 231 g/mol. The Bertz CT molecular complexity index is 92.9. The molecule has 12 heavy (non-hydrogen) atoms. The van der Waals surface area contributed by atoms with Crippen LogP contribution in [0.1, 0.15) is 0 Å². The van der Waals surface area contributed by atoms with Crippen LogP contribution in [-0.2, 0) is 4.74 Å². The average Bonchev–Trinajstić information content (AvgIpc) is 1.78. The standard InChI is InChI=1S/C4H9F3N2O.2ClH/c5-4(6,7)3-10-2-1-9-8;;/h9H,1-3,8H2;2*1H. The van der Waals surface area contributed by atoms with Crippen LogP contribution < -0.4 is 11.3 Å². The van der Waals surface area contributed by atoms with Gasteiger partial charge in [0.25, 0.3) is 0 Å². The predicted molar refractivity (Wildman–Crippen MR) is 43.6 cm³/mol. The summed E-state index contributed by atoms with van der Waals surface area (Å²) in [4.78, 5) is 0. The monoisotopic (exact) mass is 230 g/mol. The van der Waals surface area contributed by atoms with Crippen LogP contribution >= 0.6 is 24.8 Å². The zero-order valence-electron chi connectivity index (χ0n) is 6.06. The number of halogens is 5. The molecule has 3 nitrogen and oxygen atoms in total. The highest BCUT2D eigenvalue weighted by atomic mass is 35.5. The van der Waals surface area contributed by atoms with Crippen molar-refractivity contribution in [1.29, 1.82) is 0 Å². The van der Waals surface area contributed by atoms with Crippen LogP contribution in [0.15, 0.2) is 0 Å². The van der Waals surface area contributed by atoms with Crippen LogP contribution in [0.3, 0.4) is 0 Å². The second-order valence-electron chi connectivity index (χ2n) is 1.62. The number of rotatable bonds is 4. The van der Waals surface area contributed by atoms with Gasteiger partial charge in [-0.15, -0.1) is 24.8 Å². The summed E-state index contributed by atoms with van der Waals surface area (Å²) >= 11 is 0. The first-order valence-electron chi connectivity index (χ1n) is 2.64. The molecule has 0 radical (unpaired) electrons. The molecule has 0 fully saturated rings. The highest BCUT2D eigenvalue weighted by Crippen LogP contribution is 2.13. The predicted octanol–water partition coefficient (Wildman–Crippen LogP) is 0.872. The number of hydrazine groups is 1. The first kappa shape index (κ1) is 18.1. The van der Waals surface area contributed by atoms with Gasteiger partial charge >= 0.3 is 6.18 Å². The van der Waals surface area contributed by atoms with Crippen LogP contribution in [0.4, 0.5) is 13.2 Å². The molecule has 0 atom stereocenters. The third-order valence-corrected chi connectivity index (χ3v) is 0.656. The van der Waals surface area contributed by atoms with Gasteiger partial charge in [-0.1, -0.05) is 0 Å². The van der Waals surface area contributed by atoms with Crippen molar-refractivity contribution in [2.24, 2.45) is 5.84 Å². The molecule has 0 aliphatic heterocycles. The summed E-state index contributed by atoms with van der Waals surface area (Å²) in [5, 5.41) is 0. The minimum Gasteiger partial charge on any atom is -0.371 e. The lowest BCUT2D eigenvalue weighted by molar-refractivity contribution is -0.173. The van der Waals surface area contributed by atoms with E-state index >= 15 is 0 Å². The van der Waals surface area contributed by atoms with Crippen molar-refractivity contribution in [1.82, 2.24) is 5.43 Å². The third kappa shape index (κ3) is 16.7. The van der Waals surface area contributed by atoms with E-state index in [0.717, 1.165) is 0 Å². The molecule has 0 aromatic heterocycles. The number of alkyl halides is 3. The molecule has 0 amide bonds. The topological polar surface area (TPSA) is 47.3 Å². The smallest absolute Gasteiger partial charge is 0.371 e. The Balaban J connectivity index is -0.000000405. The summed E-state index contributed by atoms with van der Waals surface area (Å²) in [5.41, 5.74) is 2.16. The van der Waals surface area contributed by atoms with Crippen molar-refractivity contribution in [2.75, 3.05) is 19.8 Å². The summed E-state index contributed by atoms with van der Waals surface area (Å²) in [6, 6.07) is 0. The largest absolute Gasteiger partial charge is 0.411 e. The molecule has 0 saturated carbocycles. The van der Waals surface area contributed by atoms with E-state index in [0.29, 0.717) is 0 Å². The molecule has 0 aliphatic carbocycles. The van der Waals surface area contributed by atoms with Crippen LogP contribution in [0.2, 0.25) is 0 Å². The SMILES string of the molecule is Cl.Cl.NNCCOCC(F)(F)F. The maximum Gasteiger partial charge on any atom is 0.411 e. The summed E-state index contributed by atoms with van der Waals surface area (Å²) in [7, 11) is 0. The Labute approximate surface area is 80.6 Å². The van der Waals surface area contributed by atoms with E-state index in [4.69, 9.17) is 5.84 Å². The zero-order valence-corrected chi connectivity index (χ0v) is 7.69. The van der Waals surface area contributed by atoms with Gasteiger partial charge in [-0.05, 0) is 0 Å².